The van der Waals surface area contributed by atoms with Gasteiger partial charge in [0.25, 0.3) is 5.91 Å². The molecule has 0 aliphatic rings. The first-order chi connectivity index (χ1) is 15.0. The highest BCUT2D eigenvalue weighted by Crippen LogP contribution is 2.41. The van der Waals surface area contributed by atoms with Gasteiger partial charge in [-0.2, -0.15) is 0 Å². The van der Waals surface area contributed by atoms with Gasteiger partial charge in [0.05, 0.1) is 16.8 Å². The number of hydrogen-bond acceptors (Lipinski definition) is 3. The smallest absolute Gasteiger partial charge is 0.264 e. The number of carbonyl (C=O) groups excluding carboxylic acids is 1. The number of hydrogen-bond donors (Lipinski definition) is 0. The van der Waals surface area contributed by atoms with Crippen LogP contribution in [0.5, 0.6) is 5.75 Å². The largest absolute Gasteiger partial charge is 0.489 e. The van der Waals surface area contributed by atoms with E-state index in [-0.39, 0.29) is 5.91 Å². The van der Waals surface area contributed by atoms with Crippen molar-refractivity contribution in [1.82, 2.24) is 9.47 Å². The van der Waals surface area contributed by atoms with Gasteiger partial charge in [-0.25, -0.2) is 0 Å². The highest BCUT2D eigenvalue weighted by molar-refractivity contribution is 9.10. The standard InChI is InChI=1S/C25H22BrClN2O2/c1-28(2)14-15-31-24-20-13-12-18(27)16-22(20)29(23(24)17-8-4-3-5-9-17)25(30)19-10-6-7-11-21(19)26/h3-13,16H,14-15H2,1-2H3. The Bertz CT molecular complexity index is 1240. The van der Waals surface area contributed by atoms with Crippen molar-refractivity contribution in [2.45, 2.75) is 0 Å². The average Bonchev–Trinajstić information content (AvgIpc) is 3.07. The summed E-state index contributed by atoms with van der Waals surface area (Å²) >= 11 is 9.87. The van der Waals surface area contributed by atoms with Crippen LogP contribution in [0.25, 0.3) is 22.2 Å². The number of rotatable bonds is 6. The van der Waals surface area contributed by atoms with Crippen LogP contribution in [0.2, 0.25) is 5.02 Å². The molecular weight excluding hydrogens is 476 g/mol. The van der Waals surface area contributed by atoms with E-state index >= 15 is 0 Å². The fourth-order valence-corrected chi connectivity index (χ4v) is 4.15. The summed E-state index contributed by atoms with van der Waals surface area (Å²) in [5.41, 5.74) is 2.90. The molecule has 0 saturated carbocycles. The number of halogens is 2. The summed E-state index contributed by atoms with van der Waals surface area (Å²) in [7, 11) is 4.00. The third kappa shape index (κ3) is 4.40. The van der Waals surface area contributed by atoms with Crippen molar-refractivity contribution >= 4 is 44.3 Å². The number of nitrogens with zero attached hydrogens (tertiary/aromatic N) is 2. The molecule has 0 N–H and O–H groups in total. The second-order valence-corrected chi connectivity index (χ2v) is 8.77. The molecule has 0 saturated heterocycles. The molecule has 0 aliphatic heterocycles. The van der Waals surface area contributed by atoms with E-state index in [0.29, 0.717) is 28.5 Å². The Balaban J connectivity index is 2.00. The van der Waals surface area contributed by atoms with Crippen LogP contribution in [-0.4, -0.2) is 42.6 Å². The number of likely N-dealkylation sites (N-methyl/N-ethyl adjacent to an activating group) is 1. The molecule has 0 aliphatic carbocycles. The maximum absolute atomic E-state index is 13.8. The Hall–Kier alpha value is -2.60. The third-order valence-corrected chi connectivity index (χ3v) is 5.95. The molecule has 1 aromatic heterocycles. The van der Waals surface area contributed by atoms with Crippen LogP contribution < -0.4 is 4.74 Å². The predicted octanol–water partition coefficient (Wildman–Crippen LogP) is 6.35. The Morgan fingerprint density at radius 2 is 1.74 bits per heavy atom. The lowest BCUT2D eigenvalue weighted by Gasteiger charge is -2.14. The number of ether oxygens (including phenoxy) is 1. The summed E-state index contributed by atoms with van der Waals surface area (Å²) in [6, 6.07) is 22.8. The van der Waals surface area contributed by atoms with Gasteiger partial charge in [-0.05, 0) is 60.4 Å². The highest BCUT2D eigenvalue weighted by atomic mass is 79.9. The van der Waals surface area contributed by atoms with E-state index in [2.05, 4.69) is 20.8 Å². The minimum Gasteiger partial charge on any atom is -0.489 e. The van der Waals surface area contributed by atoms with Gasteiger partial charge in [0.2, 0.25) is 0 Å². The number of benzene rings is 3. The van der Waals surface area contributed by atoms with E-state index in [9.17, 15) is 4.79 Å². The summed E-state index contributed by atoms with van der Waals surface area (Å²) in [5.74, 6) is 0.529. The molecule has 6 heteroatoms. The van der Waals surface area contributed by atoms with Gasteiger partial charge in [0.1, 0.15) is 6.61 Å². The molecule has 0 fully saturated rings. The molecule has 0 bridgehead atoms. The molecule has 31 heavy (non-hydrogen) atoms. The minimum atomic E-state index is -0.152. The van der Waals surface area contributed by atoms with Crippen LogP contribution in [0.3, 0.4) is 0 Å². The van der Waals surface area contributed by atoms with Crippen LogP contribution in [0.15, 0.2) is 77.3 Å². The van der Waals surface area contributed by atoms with Crippen molar-refractivity contribution in [1.29, 1.82) is 0 Å². The van der Waals surface area contributed by atoms with Crippen molar-refractivity contribution in [2.75, 3.05) is 27.2 Å². The van der Waals surface area contributed by atoms with Crippen LogP contribution in [0.1, 0.15) is 10.4 Å². The molecule has 4 rings (SSSR count). The molecule has 158 valence electrons. The van der Waals surface area contributed by atoms with E-state index in [0.717, 1.165) is 27.7 Å². The molecule has 0 radical (unpaired) electrons. The first-order valence-electron chi connectivity index (χ1n) is 9.93. The van der Waals surface area contributed by atoms with E-state index in [1.54, 1.807) is 4.57 Å². The average molecular weight is 498 g/mol. The molecule has 4 aromatic rings. The zero-order valence-electron chi connectivity index (χ0n) is 17.3. The Morgan fingerprint density at radius 1 is 1.03 bits per heavy atom. The lowest BCUT2D eigenvalue weighted by molar-refractivity contribution is 0.0965. The zero-order chi connectivity index (χ0) is 22.0. The molecule has 0 amide bonds. The monoisotopic (exact) mass is 496 g/mol. The first-order valence-corrected chi connectivity index (χ1v) is 11.1. The van der Waals surface area contributed by atoms with E-state index in [1.807, 2.05) is 86.9 Å². The van der Waals surface area contributed by atoms with Gasteiger partial charge < -0.3 is 9.64 Å². The van der Waals surface area contributed by atoms with E-state index < -0.39 is 0 Å². The third-order valence-electron chi connectivity index (χ3n) is 5.02. The van der Waals surface area contributed by atoms with E-state index in [1.165, 1.54) is 0 Å². The van der Waals surface area contributed by atoms with Crippen LogP contribution in [0.4, 0.5) is 0 Å². The normalized spacial score (nSPS) is 11.3. The maximum atomic E-state index is 13.8. The Morgan fingerprint density at radius 3 is 2.45 bits per heavy atom. The summed E-state index contributed by atoms with van der Waals surface area (Å²) in [4.78, 5) is 15.9. The molecule has 4 nitrogen and oxygen atoms in total. The summed E-state index contributed by atoms with van der Waals surface area (Å²) in [6.07, 6.45) is 0. The highest BCUT2D eigenvalue weighted by Gasteiger charge is 2.26. The second-order valence-electron chi connectivity index (χ2n) is 7.48. The maximum Gasteiger partial charge on any atom is 0.264 e. The van der Waals surface area contributed by atoms with Gasteiger partial charge in [0.15, 0.2) is 5.75 Å². The molecular formula is C25H22BrClN2O2. The zero-order valence-corrected chi connectivity index (χ0v) is 19.7. The Kier molecular flexibility index (Phi) is 6.46. The van der Waals surface area contributed by atoms with Gasteiger partial charge >= 0.3 is 0 Å². The lowest BCUT2D eigenvalue weighted by Crippen LogP contribution is -2.19. The second kappa shape index (κ2) is 9.27. The van der Waals surface area contributed by atoms with Crippen molar-refractivity contribution in [3.63, 3.8) is 0 Å². The van der Waals surface area contributed by atoms with Gasteiger partial charge in [-0.3, -0.25) is 9.36 Å². The minimum absolute atomic E-state index is 0.152. The fourth-order valence-electron chi connectivity index (χ4n) is 3.53. The van der Waals surface area contributed by atoms with Crippen molar-refractivity contribution in [2.24, 2.45) is 0 Å². The van der Waals surface area contributed by atoms with Crippen LogP contribution in [-0.2, 0) is 0 Å². The SMILES string of the molecule is CN(C)CCOc1c(-c2ccccc2)n(C(=O)c2ccccc2Br)c2cc(Cl)ccc12. The number of fused-ring (bicyclic) bond motifs is 1. The Labute approximate surface area is 195 Å². The quantitative estimate of drug-likeness (QED) is 0.311. The number of aromatic nitrogens is 1. The fraction of sp³-hybridized carbons (Fsp3) is 0.160. The predicted molar refractivity (Wildman–Crippen MR) is 130 cm³/mol. The van der Waals surface area contributed by atoms with Crippen LogP contribution >= 0.6 is 27.5 Å². The van der Waals surface area contributed by atoms with Gasteiger partial charge in [0, 0.05) is 27.0 Å². The summed E-state index contributed by atoms with van der Waals surface area (Å²) in [5, 5.41) is 1.41. The van der Waals surface area contributed by atoms with Crippen LogP contribution in [0, 0.1) is 0 Å². The van der Waals surface area contributed by atoms with E-state index in [4.69, 9.17) is 16.3 Å². The summed E-state index contributed by atoms with van der Waals surface area (Å²) < 4.78 is 8.73. The molecule has 0 spiro atoms. The van der Waals surface area contributed by atoms with Gasteiger partial charge in [-0.1, -0.05) is 54.1 Å². The van der Waals surface area contributed by atoms with Crippen molar-refractivity contribution < 1.29 is 9.53 Å². The molecule has 1 heterocycles. The van der Waals surface area contributed by atoms with Crippen molar-refractivity contribution in [3.05, 3.63) is 87.9 Å². The first kappa shape index (κ1) is 21.6. The summed E-state index contributed by atoms with van der Waals surface area (Å²) in [6.45, 7) is 1.25. The molecule has 0 unspecified atom stereocenters. The topological polar surface area (TPSA) is 34.5 Å². The van der Waals surface area contributed by atoms with Gasteiger partial charge in [-0.15, -0.1) is 0 Å². The molecule has 0 atom stereocenters. The van der Waals surface area contributed by atoms with Crippen molar-refractivity contribution in [3.8, 4) is 17.0 Å². The number of carbonyl (C=O) groups is 1. The molecule has 3 aromatic carbocycles. The lowest BCUT2D eigenvalue weighted by atomic mass is 10.1.